The van der Waals surface area contributed by atoms with E-state index in [2.05, 4.69) is 0 Å². The fourth-order valence-electron chi connectivity index (χ4n) is 3.82. The molecule has 28 heavy (non-hydrogen) atoms. The van der Waals surface area contributed by atoms with Gasteiger partial charge in [-0.05, 0) is 23.3 Å². The van der Waals surface area contributed by atoms with E-state index in [0.29, 0.717) is 11.1 Å². The fraction of sp³-hybridized carbons (Fsp3) is 0.400. The molecule has 2 aliphatic heterocycles. The molecule has 2 saturated heterocycles. The molecule has 0 spiro atoms. The Hall–Kier alpha value is -2.00. The molecule has 2 aliphatic rings. The van der Waals surface area contributed by atoms with Gasteiger partial charge in [-0.3, -0.25) is 0 Å². The Bertz CT molecular complexity index is 784. The molecular weight excluding hydrogens is 378 g/mol. The highest BCUT2D eigenvalue weighted by molar-refractivity contribution is 5.31. The van der Waals surface area contributed by atoms with Crippen molar-refractivity contribution in [2.24, 2.45) is 0 Å². The van der Waals surface area contributed by atoms with Crippen LogP contribution in [0.2, 0.25) is 0 Å². The lowest BCUT2D eigenvalue weighted by atomic mass is 10.00. The van der Waals surface area contributed by atoms with Gasteiger partial charge >= 0.3 is 0 Å². The Morgan fingerprint density at radius 1 is 0.893 bits per heavy atom. The Morgan fingerprint density at radius 2 is 1.36 bits per heavy atom. The van der Waals surface area contributed by atoms with Crippen molar-refractivity contribution in [3.8, 4) is 0 Å². The van der Waals surface area contributed by atoms with Crippen molar-refractivity contribution in [3.63, 3.8) is 0 Å². The summed E-state index contributed by atoms with van der Waals surface area (Å²) in [4.78, 5) is 1.75. The Labute approximate surface area is 159 Å². The van der Waals surface area contributed by atoms with E-state index in [1.165, 1.54) is 36.4 Å². The largest absolute Gasteiger partial charge is 0.394 e. The lowest BCUT2D eigenvalue weighted by molar-refractivity contribution is -0.0632. The van der Waals surface area contributed by atoms with Gasteiger partial charge in [0.05, 0.1) is 25.4 Å². The van der Waals surface area contributed by atoms with E-state index in [4.69, 9.17) is 9.47 Å². The van der Waals surface area contributed by atoms with Crippen LogP contribution < -0.4 is 0 Å². The summed E-state index contributed by atoms with van der Waals surface area (Å²) >= 11 is 0. The van der Waals surface area contributed by atoms with E-state index in [9.17, 15) is 22.7 Å². The zero-order valence-electron chi connectivity index (χ0n) is 14.8. The van der Waals surface area contributed by atoms with Gasteiger partial charge in [0.25, 0.3) is 12.9 Å². The zero-order valence-corrected chi connectivity index (χ0v) is 14.8. The molecule has 0 aliphatic carbocycles. The number of halogens is 4. The first-order valence-electron chi connectivity index (χ1n) is 8.84. The summed E-state index contributed by atoms with van der Waals surface area (Å²) in [6.45, 7) is -0.000697. The Balaban J connectivity index is 1.72. The van der Waals surface area contributed by atoms with Crippen LogP contribution in [0.4, 0.5) is 17.6 Å². The zero-order chi connectivity index (χ0) is 19.9. The van der Waals surface area contributed by atoms with Gasteiger partial charge in [-0.1, -0.05) is 36.4 Å². The van der Waals surface area contributed by atoms with Crippen LogP contribution in [0.15, 0.2) is 48.5 Å². The number of benzene rings is 2. The van der Waals surface area contributed by atoms with Gasteiger partial charge in [0.1, 0.15) is 12.5 Å². The molecule has 2 aromatic rings. The molecule has 2 aromatic carbocycles. The van der Waals surface area contributed by atoms with Crippen LogP contribution in [-0.4, -0.2) is 35.4 Å². The van der Waals surface area contributed by atoms with Crippen molar-refractivity contribution >= 4 is 0 Å². The number of fused-ring (bicyclic) bond motifs is 1. The molecule has 1 N–H and O–H groups in total. The number of nitrogens with zero attached hydrogens (tertiary/aromatic N) is 1. The first kappa shape index (κ1) is 19.3. The monoisotopic (exact) mass is 397 g/mol. The smallest absolute Gasteiger partial charge is 0.263 e. The molecule has 8 heteroatoms. The number of hydrogen-bond donors (Lipinski definition) is 1. The van der Waals surface area contributed by atoms with Gasteiger partial charge in [-0.15, -0.1) is 0 Å². The average Bonchev–Trinajstić information content (AvgIpc) is 3.25. The molecule has 4 nitrogen and oxygen atoms in total. The van der Waals surface area contributed by atoms with E-state index in [1.807, 2.05) is 0 Å². The minimum absolute atomic E-state index is 0.137. The molecule has 3 atom stereocenters. The van der Waals surface area contributed by atoms with Gasteiger partial charge in [0.15, 0.2) is 0 Å². The first-order valence-corrected chi connectivity index (χ1v) is 8.84. The number of rotatable bonds is 5. The molecule has 0 unspecified atom stereocenters. The van der Waals surface area contributed by atoms with Crippen molar-refractivity contribution in [1.29, 1.82) is 0 Å². The van der Waals surface area contributed by atoms with Crippen LogP contribution in [0.25, 0.3) is 0 Å². The van der Waals surface area contributed by atoms with Crippen molar-refractivity contribution < 1.29 is 32.1 Å². The third-order valence-corrected chi connectivity index (χ3v) is 5.26. The van der Waals surface area contributed by atoms with E-state index >= 15 is 0 Å². The van der Waals surface area contributed by atoms with E-state index in [1.54, 1.807) is 17.0 Å². The molecule has 2 heterocycles. The van der Waals surface area contributed by atoms with Gasteiger partial charge in [-0.25, -0.2) is 22.5 Å². The summed E-state index contributed by atoms with van der Waals surface area (Å²) in [6.07, 6.45) is -6.74. The quantitative estimate of drug-likeness (QED) is 0.762. The lowest BCUT2D eigenvalue weighted by Crippen LogP contribution is -2.47. The minimum atomic E-state index is -2.63. The highest BCUT2D eigenvalue weighted by Gasteiger charge is 2.56. The lowest BCUT2D eigenvalue weighted by Gasteiger charge is -2.33. The van der Waals surface area contributed by atoms with Gasteiger partial charge in [0, 0.05) is 11.1 Å². The van der Waals surface area contributed by atoms with Gasteiger partial charge in [0.2, 0.25) is 0 Å². The molecule has 0 saturated carbocycles. The molecule has 4 rings (SSSR count). The first-order chi connectivity index (χ1) is 13.4. The summed E-state index contributed by atoms with van der Waals surface area (Å²) in [5.41, 5.74) is -0.156. The number of ether oxygens (including phenoxy) is 2. The molecule has 2 fully saturated rings. The number of aliphatic hydroxyl groups excluding tert-OH is 1. The second kappa shape index (κ2) is 7.44. The highest BCUT2D eigenvalue weighted by Crippen LogP contribution is 2.49. The van der Waals surface area contributed by atoms with Crippen LogP contribution in [0, 0.1) is 0 Å². The van der Waals surface area contributed by atoms with E-state index in [0.717, 1.165) is 0 Å². The molecular formula is C20H19F4NO3. The second-order valence-electron chi connectivity index (χ2n) is 7.06. The van der Waals surface area contributed by atoms with E-state index < -0.39 is 30.8 Å². The van der Waals surface area contributed by atoms with Crippen LogP contribution in [0.1, 0.15) is 47.6 Å². The van der Waals surface area contributed by atoms with Crippen LogP contribution >= 0.6 is 0 Å². The predicted molar refractivity (Wildman–Crippen MR) is 91.8 cm³/mol. The average molecular weight is 397 g/mol. The highest BCUT2D eigenvalue weighted by atomic mass is 19.3. The van der Waals surface area contributed by atoms with Crippen LogP contribution in [0.3, 0.4) is 0 Å². The predicted octanol–water partition coefficient (Wildman–Crippen LogP) is 4.35. The summed E-state index contributed by atoms with van der Waals surface area (Å²) in [5.74, 6) is 0. The van der Waals surface area contributed by atoms with Crippen molar-refractivity contribution in [3.05, 3.63) is 70.8 Å². The Kier molecular flexibility index (Phi) is 5.13. The maximum absolute atomic E-state index is 13.1. The third-order valence-electron chi connectivity index (χ3n) is 5.26. The molecule has 0 radical (unpaired) electrons. The van der Waals surface area contributed by atoms with Crippen molar-refractivity contribution in [2.45, 2.75) is 30.8 Å². The summed E-state index contributed by atoms with van der Waals surface area (Å²) in [7, 11) is 0. The van der Waals surface area contributed by atoms with Crippen molar-refractivity contribution in [2.75, 3.05) is 19.8 Å². The summed E-state index contributed by atoms with van der Waals surface area (Å²) < 4.78 is 64.2. The standard InChI is InChI=1S/C20H19F4NO3/c21-16(22)12-3-1-5-14(7-12)18-25-19(28-11-20(25,9-26)10-27-18)15-6-2-4-13(8-15)17(23)24/h1-8,16-19,26H,9-11H2/t18-,19+,20-. The van der Waals surface area contributed by atoms with Crippen LogP contribution in [-0.2, 0) is 9.47 Å². The molecule has 0 amide bonds. The minimum Gasteiger partial charge on any atom is -0.394 e. The SMILES string of the molecule is OC[C@]12CO[C@H](c3cccc(C(F)F)c3)N1[C@H](c1cccc(C(F)F)c1)OC2. The fourth-order valence-corrected chi connectivity index (χ4v) is 3.82. The maximum atomic E-state index is 13.1. The molecule has 0 bridgehead atoms. The van der Waals surface area contributed by atoms with E-state index in [-0.39, 0.29) is 30.9 Å². The normalized spacial score (nSPS) is 27.7. The van der Waals surface area contributed by atoms with Gasteiger partial charge < -0.3 is 14.6 Å². The molecule has 0 aromatic heterocycles. The number of aliphatic hydroxyl groups is 1. The molecule has 150 valence electrons. The summed E-state index contributed by atoms with van der Waals surface area (Å²) in [5, 5.41) is 10.0. The number of alkyl halides is 4. The topological polar surface area (TPSA) is 41.9 Å². The summed E-state index contributed by atoms with van der Waals surface area (Å²) in [6, 6.07) is 11.7. The second-order valence-corrected chi connectivity index (χ2v) is 7.06. The maximum Gasteiger partial charge on any atom is 0.263 e. The van der Waals surface area contributed by atoms with Gasteiger partial charge in [-0.2, -0.15) is 0 Å². The third kappa shape index (κ3) is 3.20. The number of hydrogen-bond acceptors (Lipinski definition) is 4. The van der Waals surface area contributed by atoms with Crippen LogP contribution in [0.5, 0.6) is 0 Å². The Morgan fingerprint density at radius 3 is 1.75 bits per heavy atom. The van der Waals surface area contributed by atoms with Crippen molar-refractivity contribution in [1.82, 2.24) is 4.90 Å².